The molecule has 2 heterocycles. The largest absolute Gasteiger partial charge is 0.361 e. The third-order valence-corrected chi connectivity index (χ3v) is 5.81. The van der Waals surface area contributed by atoms with Gasteiger partial charge in [0, 0.05) is 42.3 Å². The summed E-state index contributed by atoms with van der Waals surface area (Å²) in [5.41, 5.74) is 6.16. The minimum absolute atomic E-state index is 0.107. The Bertz CT molecular complexity index is 1200. The molecule has 0 saturated heterocycles. The Hall–Kier alpha value is -3.44. The minimum atomic E-state index is -0.327. The monoisotopic (exact) mass is 383 g/mol. The quantitative estimate of drug-likeness (QED) is 0.388. The zero-order valence-electron chi connectivity index (χ0n) is 15.9. The van der Waals surface area contributed by atoms with E-state index in [4.69, 9.17) is 0 Å². The van der Waals surface area contributed by atoms with Gasteiger partial charge in [0.15, 0.2) is 0 Å². The number of para-hydroxylation sites is 1. The molecule has 0 saturated carbocycles. The summed E-state index contributed by atoms with van der Waals surface area (Å²) in [6.07, 6.45) is 3.09. The number of aromatic nitrogens is 1. The molecule has 4 aromatic rings. The van der Waals surface area contributed by atoms with Crippen molar-refractivity contribution in [1.29, 1.82) is 0 Å². The van der Waals surface area contributed by atoms with Crippen molar-refractivity contribution in [3.63, 3.8) is 0 Å². The van der Waals surface area contributed by atoms with Gasteiger partial charge in [0.2, 0.25) is 0 Å². The normalized spacial score (nSPS) is 16.6. The Kier molecular flexibility index (Phi) is 4.37. The van der Waals surface area contributed by atoms with Crippen molar-refractivity contribution in [2.75, 3.05) is 6.54 Å². The van der Waals surface area contributed by atoms with Gasteiger partial charge in [0.05, 0.1) is 11.0 Å². The van der Waals surface area contributed by atoms with Gasteiger partial charge in [-0.05, 0) is 34.7 Å². The van der Waals surface area contributed by atoms with Crippen LogP contribution in [-0.4, -0.2) is 21.4 Å². The summed E-state index contributed by atoms with van der Waals surface area (Å²) in [6, 6.07) is 24.1. The molecule has 0 spiro atoms. The topological polar surface area (TPSA) is 62.2 Å². The lowest BCUT2D eigenvalue weighted by Gasteiger charge is -2.37. The number of benzene rings is 3. The summed E-state index contributed by atoms with van der Waals surface area (Å²) in [7, 11) is 0. The molecule has 0 aliphatic carbocycles. The number of nitrogens with zero attached hydrogens (tertiary/aromatic N) is 2. The van der Waals surface area contributed by atoms with E-state index >= 15 is 0 Å². The fraction of sp³-hybridized carbons (Fsp3) is 0.167. The van der Waals surface area contributed by atoms with Crippen molar-refractivity contribution in [1.82, 2.24) is 9.88 Å². The maximum atomic E-state index is 11.2. The van der Waals surface area contributed by atoms with Crippen molar-refractivity contribution >= 4 is 16.6 Å². The lowest BCUT2D eigenvalue weighted by Crippen LogP contribution is -2.35. The van der Waals surface area contributed by atoms with Gasteiger partial charge in [-0.1, -0.05) is 54.6 Å². The first-order chi connectivity index (χ1) is 14.2. The van der Waals surface area contributed by atoms with E-state index < -0.39 is 0 Å². The molecule has 1 aliphatic heterocycles. The summed E-state index contributed by atoms with van der Waals surface area (Å²) in [6.45, 7) is 1.57. The Morgan fingerprint density at radius 2 is 1.83 bits per heavy atom. The molecular weight excluding hydrogens is 362 g/mol. The number of hydrogen-bond acceptors (Lipinski definition) is 3. The van der Waals surface area contributed by atoms with E-state index in [0.717, 1.165) is 24.0 Å². The summed E-state index contributed by atoms with van der Waals surface area (Å²) in [5, 5.41) is 12.4. The number of rotatable bonds is 4. The average molecular weight is 383 g/mol. The third-order valence-electron chi connectivity index (χ3n) is 5.81. The molecule has 5 nitrogen and oxygen atoms in total. The Balaban J connectivity index is 1.59. The third kappa shape index (κ3) is 3.19. The van der Waals surface area contributed by atoms with Crippen molar-refractivity contribution in [2.24, 2.45) is 0 Å². The van der Waals surface area contributed by atoms with E-state index in [2.05, 4.69) is 58.5 Å². The van der Waals surface area contributed by atoms with Crippen LogP contribution in [0.25, 0.3) is 10.9 Å². The zero-order valence-corrected chi connectivity index (χ0v) is 15.9. The van der Waals surface area contributed by atoms with Crippen molar-refractivity contribution in [3.05, 3.63) is 111 Å². The number of hydrogen-bond donors (Lipinski definition) is 1. The zero-order chi connectivity index (χ0) is 19.8. The number of nitrogens with one attached hydrogen (secondary N) is 1. The van der Waals surface area contributed by atoms with Crippen LogP contribution in [0.3, 0.4) is 0 Å². The van der Waals surface area contributed by atoms with Crippen molar-refractivity contribution in [3.8, 4) is 0 Å². The summed E-state index contributed by atoms with van der Waals surface area (Å²) >= 11 is 0. The minimum Gasteiger partial charge on any atom is -0.361 e. The maximum Gasteiger partial charge on any atom is 0.269 e. The highest BCUT2D eigenvalue weighted by Crippen LogP contribution is 2.39. The van der Waals surface area contributed by atoms with Crippen LogP contribution < -0.4 is 0 Å². The van der Waals surface area contributed by atoms with E-state index in [9.17, 15) is 10.1 Å². The number of aromatic amines is 1. The van der Waals surface area contributed by atoms with Crippen LogP contribution in [0.5, 0.6) is 0 Å². The fourth-order valence-corrected chi connectivity index (χ4v) is 4.48. The van der Waals surface area contributed by atoms with Crippen LogP contribution in [-0.2, 0) is 13.0 Å². The summed E-state index contributed by atoms with van der Waals surface area (Å²) in [4.78, 5) is 16.7. The van der Waals surface area contributed by atoms with E-state index in [-0.39, 0.29) is 16.7 Å². The van der Waals surface area contributed by atoms with Crippen LogP contribution in [0.4, 0.5) is 5.69 Å². The molecule has 1 aromatic heterocycles. The van der Waals surface area contributed by atoms with E-state index in [0.29, 0.717) is 6.54 Å². The Labute approximate surface area is 168 Å². The Morgan fingerprint density at radius 1 is 1.00 bits per heavy atom. The standard InChI is InChI=1S/C24H21N3O2/c28-27(29)19-8-5-6-17(14-19)16-26-13-12-18-7-1-2-9-20(18)24(26)22-15-25-23-11-4-3-10-21(22)23/h1-11,14-15,24-25H,12-13,16H2. The molecule has 5 heteroatoms. The highest BCUT2D eigenvalue weighted by molar-refractivity contribution is 5.84. The molecule has 144 valence electrons. The first-order valence-electron chi connectivity index (χ1n) is 9.82. The van der Waals surface area contributed by atoms with Crippen LogP contribution in [0.15, 0.2) is 79.0 Å². The molecule has 0 radical (unpaired) electrons. The van der Waals surface area contributed by atoms with Gasteiger partial charge < -0.3 is 4.98 Å². The fourth-order valence-electron chi connectivity index (χ4n) is 4.48. The molecule has 1 aliphatic rings. The number of nitro groups is 1. The van der Waals surface area contributed by atoms with Gasteiger partial charge in [-0.15, -0.1) is 0 Å². The lowest BCUT2D eigenvalue weighted by atomic mass is 9.87. The van der Waals surface area contributed by atoms with Crippen LogP contribution in [0.2, 0.25) is 0 Å². The highest BCUT2D eigenvalue weighted by atomic mass is 16.6. The predicted molar refractivity (Wildman–Crippen MR) is 114 cm³/mol. The maximum absolute atomic E-state index is 11.2. The molecule has 1 atom stereocenters. The summed E-state index contributed by atoms with van der Waals surface area (Å²) < 4.78 is 0. The van der Waals surface area contributed by atoms with Gasteiger partial charge >= 0.3 is 0 Å². The molecule has 0 fully saturated rings. The first kappa shape index (κ1) is 17.6. The van der Waals surface area contributed by atoms with Gasteiger partial charge in [0.25, 0.3) is 5.69 Å². The second-order valence-electron chi connectivity index (χ2n) is 7.54. The Morgan fingerprint density at radius 3 is 2.72 bits per heavy atom. The number of nitro benzene ring substituents is 1. The second-order valence-corrected chi connectivity index (χ2v) is 7.54. The molecular formula is C24H21N3O2. The average Bonchev–Trinajstić information content (AvgIpc) is 3.17. The second kappa shape index (κ2) is 7.18. The summed E-state index contributed by atoms with van der Waals surface area (Å²) in [5.74, 6) is 0. The highest BCUT2D eigenvalue weighted by Gasteiger charge is 2.30. The molecule has 0 amide bonds. The molecule has 0 bridgehead atoms. The number of non-ortho nitro benzene ring substituents is 1. The van der Waals surface area contributed by atoms with Crippen molar-refractivity contribution < 1.29 is 4.92 Å². The van der Waals surface area contributed by atoms with Crippen LogP contribution >= 0.6 is 0 Å². The van der Waals surface area contributed by atoms with E-state index in [1.54, 1.807) is 18.2 Å². The molecule has 1 N–H and O–H groups in total. The van der Waals surface area contributed by atoms with E-state index in [1.165, 1.54) is 22.1 Å². The number of fused-ring (bicyclic) bond motifs is 2. The predicted octanol–water partition coefficient (Wildman–Crippen LogP) is 5.22. The van der Waals surface area contributed by atoms with Gasteiger partial charge in [-0.3, -0.25) is 15.0 Å². The van der Waals surface area contributed by atoms with Crippen LogP contribution in [0, 0.1) is 10.1 Å². The molecule has 3 aromatic carbocycles. The van der Waals surface area contributed by atoms with Gasteiger partial charge in [-0.2, -0.15) is 0 Å². The number of H-pyrrole nitrogens is 1. The smallest absolute Gasteiger partial charge is 0.269 e. The van der Waals surface area contributed by atoms with Gasteiger partial charge in [-0.25, -0.2) is 0 Å². The van der Waals surface area contributed by atoms with E-state index in [1.807, 2.05) is 12.1 Å². The molecule has 29 heavy (non-hydrogen) atoms. The van der Waals surface area contributed by atoms with Crippen molar-refractivity contribution in [2.45, 2.75) is 19.0 Å². The van der Waals surface area contributed by atoms with Gasteiger partial charge in [0.1, 0.15) is 0 Å². The SMILES string of the molecule is O=[N+]([O-])c1cccc(CN2CCc3ccccc3C2c2c[nH]c3ccccc23)c1. The lowest BCUT2D eigenvalue weighted by molar-refractivity contribution is -0.384. The molecule has 1 unspecified atom stereocenters. The molecule has 5 rings (SSSR count). The first-order valence-corrected chi connectivity index (χ1v) is 9.82. The van der Waals surface area contributed by atoms with Crippen LogP contribution in [0.1, 0.15) is 28.3 Å².